The maximum absolute atomic E-state index is 13.4. The predicted octanol–water partition coefficient (Wildman–Crippen LogP) is 10.4. The lowest BCUT2D eigenvalue weighted by Crippen LogP contribution is -2.42. The third-order valence-electron chi connectivity index (χ3n) is 11.3. The van der Waals surface area contributed by atoms with Gasteiger partial charge in [0.2, 0.25) is 0 Å². The van der Waals surface area contributed by atoms with Crippen LogP contribution in [0.3, 0.4) is 0 Å². The van der Waals surface area contributed by atoms with Crippen molar-refractivity contribution < 1.29 is 110 Å². The molecule has 1 aliphatic carbocycles. The lowest BCUT2D eigenvalue weighted by Gasteiger charge is -2.25. The van der Waals surface area contributed by atoms with E-state index in [0.717, 1.165) is 21.3 Å². The number of benzene rings is 4. The number of carbonyl (C=O) groups is 8. The number of nitrogens with one attached hydrogen (secondary N) is 8. The van der Waals surface area contributed by atoms with Crippen LogP contribution in [0.1, 0.15) is 97.9 Å². The molecule has 0 atom stereocenters. The Morgan fingerprint density at radius 1 is 0.321 bits per heavy atom. The molecule has 456 valence electrons. The summed E-state index contributed by atoms with van der Waals surface area (Å²) < 4.78 is 186. The van der Waals surface area contributed by atoms with Gasteiger partial charge in [0.1, 0.15) is 23.0 Å². The van der Waals surface area contributed by atoms with Crippen LogP contribution in [0.15, 0.2) is 48.5 Å². The minimum atomic E-state index is -5.55. The van der Waals surface area contributed by atoms with E-state index < -0.39 is 98.1 Å². The molecule has 0 aliphatic heterocycles. The van der Waals surface area contributed by atoms with Gasteiger partial charge in [0.15, 0.2) is 0 Å². The van der Waals surface area contributed by atoms with E-state index in [1.54, 1.807) is 27.7 Å². The van der Waals surface area contributed by atoms with Crippen LogP contribution >= 0.6 is 0 Å². The van der Waals surface area contributed by atoms with Crippen molar-refractivity contribution in [3.05, 3.63) is 93.0 Å². The molecule has 0 spiro atoms. The molecule has 0 radical (unpaired) electrons. The summed E-state index contributed by atoms with van der Waals surface area (Å²) in [6, 6.07) is 2.61. The van der Waals surface area contributed by atoms with Crippen LogP contribution in [0.5, 0.6) is 23.0 Å². The smallest absolute Gasteiger partial charge is 0.471 e. The second-order valence-electron chi connectivity index (χ2n) is 18.2. The minimum absolute atomic E-state index is 0.00193. The Hall–Kier alpha value is -9.00. The number of halogens is 12. The van der Waals surface area contributed by atoms with Gasteiger partial charge in [-0.2, -0.15) is 52.7 Å². The van der Waals surface area contributed by atoms with Crippen molar-refractivity contribution in [2.24, 2.45) is 0 Å². The van der Waals surface area contributed by atoms with Crippen molar-refractivity contribution in [1.82, 2.24) is 21.3 Å². The molecule has 0 saturated carbocycles. The fourth-order valence-corrected chi connectivity index (χ4v) is 8.08. The van der Waals surface area contributed by atoms with Crippen LogP contribution in [-0.4, -0.2) is 98.9 Å². The maximum Gasteiger partial charge on any atom is 0.471 e. The summed E-state index contributed by atoms with van der Waals surface area (Å²) in [7, 11) is 0. The molecule has 8 bridgehead atoms. The van der Waals surface area contributed by atoms with Crippen LogP contribution < -0.4 is 61.5 Å². The fraction of sp³-hybridized carbons (Fsp3) is 0.385. The normalized spacial score (nSPS) is 12.4. The fourth-order valence-electron chi connectivity index (χ4n) is 8.08. The lowest BCUT2D eigenvalue weighted by molar-refractivity contribution is -0.172. The van der Waals surface area contributed by atoms with Crippen molar-refractivity contribution in [1.29, 1.82) is 0 Å². The molecule has 12 amide bonds. The molecule has 8 N–H and O–H groups in total. The first-order valence-corrected chi connectivity index (χ1v) is 25.1. The van der Waals surface area contributed by atoms with Gasteiger partial charge in [0.05, 0.1) is 26.4 Å². The highest BCUT2D eigenvalue weighted by Crippen LogP contribution is 2.43. The van der Waals surface area contributed by atoms with Gasteiger partial charge in [-0.3, -0.25) is 40.4 Å². The summed E-state index contributed by atoms with van der Waals surface area (Å²) in [6.45, 7) is 6.38. The molecule has 0 saturated heterocycles. The molecule has 1 aliphatic rings. The van der Waals surface area contributed by atoms with Gasteiger partial charge in [-0.05, 0) is 74.2 Å². The number of amides is 12. The van der Waals surface area contributed by atoms with Crippen molar-refractivity contribution >= 4 is 70.5 Å². The van der Waals surface area contributed by atoms with E-state index in [-0.39, 0.29) is 117 Å². The van der Waals surface area contributed by atoms with Crippen LogP contribution in [-0.2, 0) is 44.9 Å². The van der Waals surface area contributed by atoms with Crippen LogP contribution in [0.4, 0.5) is 94.6 Å². The SMILES string of the molecule is CCCOc1c2cc(NC(=O)NC(=O)C(F)(F)F)cc1Cc1cc(NC(=O)NC(=O)C(F)(F)F)cc(c1OCCC)Cc1cc(NC(=O)NC(=O)C(F)(F)F)cc(c1OCCC)Cc1cc(NC(=O)NC(=O)C(F)(F)F)cc(c1OCCC)C2. The second kappa shape index (κ2) is 27.8. The van der Waals surface area contributed by atoms with Gasteiger partial charge in [0, 0.05) is 92.9 Å². The topological polar surface area (TPSA) is 270 Å². The van der Waals surface area contributed by atoms with E-state index in [9.17, 15) is 91.0 Å². The Morgan fingerprint density at radius 3 is 0.607 bits per heavy atom. The van der Waals surface area contributed by atoms with E-state index in [2.05, 4.69) is 21.3 Å². The number of hydrogen-bond acceptors (Lipinski definition) is 12. The van der Waals surface area contributed by atoms with Gasteiger partial charge in [-0.25, -0.2) is 19.2 Å². The zero-order valence-corrected chi connectivity index (χ0v) is 44.5. The molecular weight excluding hydrogens is 1160 g/mol. The van der Waals surface area contributed by atoms with E-state index in [1.165, 1.54) is 48.5 Å². The van der Waals surface area contributed by atoms with Gasteiger partial charge in [-0.1, -0.05) is 27.7 Å². The number of urea groups is 4. The van der Waals surface area contributed by atoms with E-state index in [4.69, 9.17) is 18.9 Å². The quantitative estimate of drug-likeness (QED) is 0.0429. The Kier molecular flexibility index (Phi) is 21.8. The third-order valence-corrected chi connectivity index (χ3v) is 11.3. The number of alkyl halides is 12. The molecule has 20 nitrogen and oxygen atoms in total. The highest BCUT2D eigenvalue weighted by molar-refractivity contribution is 6.05. The molecule has 32 heteroatoms. The Morgan fingerprint density at radius 2 is 0.476 bits per heavy atom. The number of carbonyl (C=O) groups excluding carboxylic acids is 8. The predicted molar refractivity (Wildman–Crippen MR) is 273 cm³/mol. The standard InChI is InChI=1S/C52H52F12N8O12/c1-5-9-81-37-25-13-27-19-34(66-46(78)70-42(74)50(56,57)58)21-29(38(27)82-10-6-2)15-31-23-36(68-48(80)72-44(76)52(62,63)64)24-32(40(31)84-12-8-4)16-30-22-35(67-47(79)71-43(75)51(59,60)61)20-28(39(30)83-11-7-3)14-26(37)18-33(17-25)65-45(77)69-41(73)49(53,54)55/h17-24H,5-16H2,1-4H3,(H2,65,69,73,77)(H2,66,70,74,78)(H2,67,71,75,79)(H2,68,72,76,80). The number of imide groups is 4. The molecule has 5 rings (SSSR count). The van der Waals surface area contributed by atoms with Crippen LogP contribution in [0.25, 0.3) is 0 Å². The third kappa shape index (κ3) is 18.5. The molecule has 0 fully saturated rings. The molecule has 4 aromatic rings. The zero-order chi connectivity index (χ0) is 62.5. The first-order chi connectivity index (χ1) is 39.2. The molecule has 4 aromatic carbocycles. The van der Waals surface area contributed by atoms with E-state index >= 15 is 0 Å². The van der Waals surface area contributed by atoms with Crippen molar-refractivity contribution in [3.8, 4) is 23.0 Å². The lowest BCUT2D eigenvalue weighted by atomic mass is 9.90. The number of anilines is 4. The molecular formula is C52H52F12N8O12. The van der Waals surface area contributed by atoms with Crippen molar-refractivity contribution in [3.63, 3.8) is 0 Å². The molecule has 0 unspecified atom stereocenters. The summed E-state index contributed by atoms with van der Waals surface area (Å²) in [6.07, 6.45) is -23.0. The first-order valence-electron chi connectivity index (χ1n) is 25.1. The van der Waals surface area contributed by atoms with Gasteiger partial charge < -0.3 is 40.2 Å². The Balaban J connectivity index is 1.98. The maximum atomic E-state index is 13.4. The molecule has 0 aromatic heterocycles. The average molecular weight is 1210 g/mol. The van der Waals surface area contributed by atoms with E-state index in [1.807, 2.05) is 0 Å². The summed E-state index contributed by atoms with van der Waals surface area (Å²) in [5, 5.41) is 13.2. The van der Waals surface area contributed by atoms with Crippen LogP contribution in [0, 0.1) is 0 Å². The summed E-state index contributed by atoms with van der Waals surface area (Å²) in [4.78, 5) is 100. The number of hydrogen-bond donors (Lipinski definition) is 8. The Labute approximate surface area is 468 Å². The van der Waals surface area contributed by atoms with Gasteiger partial charge in [-0.15, -0.1) is 0 Å². The summed E-state index contributed by atoms with van der Waals surface area (Å²) >= 11 is 0. The monoisotopic (exact) mass is 1210 g/mol. The minimum Gasteiger partial charge on any atom is -0.493 e. The highest BCUT2D eigenvalue weighted by atomic mass is 19.4. The van der Waals surface area contributed by atoms with Crippen molar-refractivity contribution in [2.45, 2.75) is 104 Å². The zero-order valence-electron chi connectivity index (χ0n) is 44.5. The molecule has 84 heavy (non-hydrogen) atoms. The largest absolute Gasteiger partial charge is 0.493 e. The Bertz CT molecular complexity index is 2660. The average Bonchev–Trinajstić information content (AvgIpc) is 2.63. The van der Waals surface area contributed by atoms with E-state index in [0.29, 0.717) is 25.7 Å². The molecule has 0 heterocycles. The number of fused-ring (bicyclic) bond motifs is 8. The van der Waals surface area contributed by atoms with Gasteiger partial charge >= 0.3 is 72.5 Å². The highest BCUT2D eigenvalue weighted by Gasteiger charge is 2.42. The summed E-state index contributed by atoms with van der Waals surface area (Å²) in [5.74, 6) is -10.9. The second-order valence-corrected chi connectivity index (χ2v) is 18.2. The number of rotatable bonds is 16. The number of ether oxygens (including phenoxy) is 4. The van der Waals surface area contributed by atoms with Gasteiger partial charge in [0.25, 0.3) is 0 Å². The summed E-state index contributed by atoms with van der Waals surface area (Å²) in [5.41, 5.74) is -1.38. The van der Waals surface area contributed by atoms with Crippen LogP contribution in [0.2, 0.25) is 0 Å². The van der Waals surface area contributed by atoms with Crippen molar-refractivity contribution in [2.75, 3.05) is 47.7 Å². The first kappa shape index (κ1) is 65.8.